The van der Waals surface area contributed by atoms with Crippen molar-refractivity contribution in [3.05, 3.63) is 53.0 Å². The summed E-state index contributed by atoms with van der Waals surface area (Å²) in [7, 11) is 0. The predicted molar refractivity (Wildman–Crippen MR) is 136 cm³/mol. The zero-order chi connectivity index (χ0) is 25.3. The minimum Gasteiger partial charge on any atom is -0.493 e. The number of carbonyl (C=O) groups excluding carboxylic acids is 2. The summed E-state index contributed by atoms with van der Waals surface area (Å²) in [5.41, 5.74) is 0.579. The van der Waals surface area contributed by atoms with E-state index >= 15 is 0 Å². The van der Waals surface area contributed by atoms with Gasteiger partial charge in [0.15, 0.2) is 5.82 Å². The van der Waals surface area contributed by atoms with Gasteiger partial charge in [-0.25, -0.2) is 0 Å². The Kier molecular flexibility index (Phi) is 8.83. The normalized spacial score (nSPS) is 16.2. The maximum absolute atomic E-state index is 12.7. The zero-order valence-electron chi connectivity index (χ0n) is 20.7. The third kappa shape index (κ3) is 6.78. The molecule has 2 amide bonds. The van der Waals surface area contributed by atoms with Crippen LogP contribution in [0.1, 0.15) is 31.4 Å². The summed E-state index contributed by atoms with van der Waals surface area (Å²) in [6.45, 7) is 8.85. The van der Waals surface area contributed by atoms with Gasteiger partial charge < -0.3 is 19.5 Å². The molecule has 0 saturated carbocycles. The van der Waals surface area contributed by atoms with Gasteiger partial charge >= 0.3 is 0 Å². The molecule has 2 aliphatic rings. The van der Waals surface area contributed by atoms with Gasteiger partial charge in [-0.15, -0.1) is 16.8 Å². The number of aromatic amines is 1. The average molecular weight is 495 g/mol. The second-order valence-corrected chi connectivity index (χ2v) is 9.15. The van der Waals surface area contributed by atoms with Crippen LogP contribution >= 0.6 is 0 Å². The van der Waals surface area contributed by atoms with Crippen molar-refractivity contribution in [2.24, 2.45) is 0 Å². The molecule has 1 N–H and O–H groups in total. The van der Waals surface area contributed by atoms with Crippen molar-refractivity contribution in [3.8, 4) is 17.1 Å². The largest absolute Gasteiger partial charge is 0.493 e. The Labute approximate surface area is 210 Å². The number of ether oxygens (including phenoxy) is 1. The summed E-state index contributed by atoms with van der Waals surface area (Å²) in [6, 6.07) is 7.28. The molecule has 36 heavy (non-hydrogen) atoms. The maximum atomic E-state index is 12.7. The topological polar surface area (TPSA) is 112 Å². The van der Waals surface area contributed by atoms with Gasteiger partial charge in [0.2, 0.25) is 11.8 Å². The lowest BCUT2D eigenvalue weighted by molar-refractivity contribution is -0.134. The van der Waals surface area contributed by atoms with Crippen LogP contribution in [-0.2, 0) is 16.0 Å². The lowest BCUT2D eigenvalue weighted by Gasteiger charge is -2.35. The van der Waals surface area contributed by atoms with E-state index in [0.717, 1.165) is 32.4 Å². The highest BCUT2D eigenvalue weighted by Gasteiger charge is 2.25. The van der Waals surface area contributed by atoms with Crippen LogP contribution in [0.2, 0.25) is 0 Å². The Bertz CT molecular complexity index is 1120. The highest BCUT2D eigenvalue weighted by molar-refractivity contribution is 5.79. The molecule has 192 valence electrons. The van der Waals surface area contributed by atoms with E-state index in [2.05, 4.69) is 26.7 Å². The number of hydrogen-bond acceptors (Lipinski definition) is 7. The monoisotopic (exact) mass is 494 g/mol. The number of carbonyl (C=O) groups is 2. The molecule has 4 rings (SSSR count). The fourth-order valence-corrected chi connectivity index (χ4v) is 4.44. The van der Waals surface area contributed by atoms with Crippen LogP contribution in [0.15, 0.2) is 41.7 Å². The first kappa shape index (κ1) is 25.6. The van der Waals surface area contributed by atoms with E-state index in [1.54, 1.807) is 17.0 Å². The lowest BCUT2D eigenvalue weighted by Crippen LogP contribution is -2.51. The second-order valence-electron chi connectivity index (χ2n) is 9.15. The van der Waals surface area contributed by atoms with Crippen molar-refractivity contribution < 1.29 is 14.3 Å². The third-order valence-corrected chi connectivity index (χ3v) is 6.58. The van der Waals surface area contributed by atoms with Crippen molar-refractivity contribution in [1.82, 2.24) is 29.9 Å². The van der Waals surface area contributed by atoms with Crippen molar-refractivity contribution >= 4 is 11.8 Å². The van der Waals surface area contributed by atoms with Crippen molar-refractivity contribution in [1.29, 1.82) is 0 Å². The van der Waals surface area contributed by atoms with Crippen LogP contribution in [-0.4, -0.2) is 94.1 Å². The SMILES string of the molecule is C=CCCOc1cccc(-c2nnc(CCC(=O)N3CCN(CC(=O)N4CCCC4)CC3)c(=O)[nH]2)c1. The number of amides is 2. The summed E-state index contributed by atoms with van der Waals surface area (Å²) in [4.78, 5) is 46.2. The van der Waals surface area contributed by atoms with Gasteiger partial charge in [-0.1, -0.05) is 18.2 Å². The number of nitrogens with zero attached hydrogens (tertiary/aromatic N) is 5. The quantitative estimate of drug-likeness (QED) is 0.393. The number of hydrogen-bond donors (Lipinski definition) is 1. The van der Waals surface area contributed by atoms with Crippen molar-refractivity contribution in [3.63, 3.8) is 0 Å². The minimum atomic E-state index is -0.351. The summed E-state index contributed by atoms with van der Waals surface area (Å²) in [6.07, 6.45) is 5.11. The van der Waals surface area contributed by atoms with Gasteiger partial charge in [-0.3, -0.25) is 19.3 Å². The van der Waals surface area contributed by atoms with Crippen molar-refractivity contribution in [2.75, 3.05) is 52.4 Å². The fraction of sp³-hybridized carbons (Fsp3) is 0.500. The van der Waals surface area contributed by atoms with Crippen LogP contribution in [0.5, 0.6) is 5.75 Å². The highest BCUT2D eigenvalue weighted by Crippen LogP contribution is 2.20. The Morgan fingerprint density at radius 2 is 1.78 bits per heavy atom. The van der Waals surface area contributed by atoms with Crippen LogP contribution in [0.25, 0.3) is 11.4 Å². The van der Waals surface area contributed by atoms with Gasteiger partial charge in [-0.05, 0) is 31.4 Å². The summed E-state index contributed by atoms with van der Waals surface area (Å²) in [5.74, 6) is 1.19. The molecular weight excluding hydrogens is 460 g/mol. The Hall–Kier alpha value is -3.53. The van der Waals surface area contributed by atoms with E-state index in [1.165, 1.54) is 0 Å². The second kappa shape index (κ2) is 12.4. The number of H-pyrrole nitrogens is 1. The summed E-state index contributed by atoms with van der Waals surface area (Å²) < 4.78 is 5.66. The first-order valence-corrected chi connectivity index (χ1v) is 12.6. The molecular formula is C26H34N6O4. The molecule has 2 aliphatic heterocycles. The fourth-order valence-electron chi connectivity index (χ4n) is 4.44. The Balaban J connectivity index is 1.25. The molecule has 0 bridgehead atoms. The van der Waals surface area contributed by atoms with E-state index in [-0.39, 0.29) is 35.9 Å². The van der Waals surface area contributed by atoms with Crippen molar-refractivity contribution in [2.45, 2.75) is 32.1 Å². The zero-order valence-corrected chi connectivity index (χ0v) is 20.7. The van der Waals surface area contributed by atoms with Gasteiger partial charge in [0.1, 0.15) is 11.4 Å². The molecule has 2 saturated heterocycles. The Morgan fingerprint density at radius 3 is 2.50 bits per heavy atom. The molecule has 2 aromatic rings. The van der Waals surface area contributed by atoms with E-state index in [0.29, 0.717) is 56.5 Å². The molecule has 0 aliphatic carbocycles. The number of likely N-dealkylation sites (tertiary alicyclic amines) is 1. The van der Waals surface area contributed by atoms with Gasteiger partial charge in [0.25, 0.3) is 5.56 Å². The van der Waals surface area contributed by atoms with Gasteiger partial charge in [-0.2, -0.15) is 0 Å². The standard InChI is InChI=1S/C26H34N6O4/c1-2-3-17-36-21-8-6-7-20(18-21)25-27-26(35)22(28-29-25)9-10-23(33)32-15-13-30(14-16-32)19-24(34)31-11-4-5-12-31/h2,6-8,18H,1,3-5,9-17,19H2,(H,27,29,35). The number of rotatable bonds is 10. The van der Waals surface area contributed by atoms with Gasteiger partial charge in [0.05, 0.1) is 13.2 Å². The number of nitrogens with one attached hydrogen (secondary N) is 1. The molecule has 10 heteroatoms. The van der Waals surface area contributed by atoms with E-state index in [4.69, 9.17) is 4.74 Å². The number of aryl methyl sites for hydroxylation is 1. The lowest BCUT2D eigenvalue weighted by atomic mass is 10.2. The number of benzene rings is 1. The highest BCUT2D eigenvalue weighted by atomic mass is 16.5. The molecule has 0 spiro atoms. The molecule has 2 fully saturated rings. The Morgan fingerprint density at radius 1 is 1.03 bits per heavy atom. The first-order chi connectivity index (χ1) is 17.5. The first-order valence-electron chi connectivity index (χ1n) is 12.6. The van der Waals surface area contributed by atoms with Crippen LogP contribution in [0, 0.1) is 0 Å². The average Bonchev–Trinajstić information content (AvgIpc) is 3.44. The number of piperazine rings is 1. The molecule has 0 radical (unpaired) electrons. The summed E-state index contributed by atoms with van der Waals surface area (Å²) >= 11 is 0. The van der Waals surface area contributed by atoms with E-state index in [9.17, 15) is 14.4 Å². The molecule has 1 aromatic carbocycles. The number of aromatic nitrogens is 3. The molecule has 1 aromatic heterocycles. The van der Waals surface area contributed by atoms with E-state index < -0.39 is 0 Å². The maximum Gasteiger partial charge on any atom is 0.273 e. The molecule has 0 atom stereocenters. The molecule has 0 unspecified atom stereocenters. The minimum absolute atomic E-state index is 0.0184. The van der Waals surface area contributed by atoms with Crippen LogP contribution in [0.4, 0.5) is 0 Å². The summed E-state index contributed by atoms with van der Waals surface area (Å²) in [5, 5.41) is 8.25. The predicted octanol–water partition coefficient (Wildman–Crippen LogP) is 1.49. The molecule has 10 nitrogen and oxygen atoms in total. The smallest absolute Gasteiger partial charge is 0.273 e. The van der Waals surface area contributed by atoms with Crippen LogP contribution in [0.3, 0.4) is 0 Å². The third-order valence-electron chi connectivity index (χ3n) is 6.58. The van der Waals surface area contributed by atoms with Crippen LogP contribution < -0.4 is 10.3 Å². The van der Waals surface area contributed by atoms with E-state index in [1.807, 2.05) is 23.1 Å². The van der Waals surface area contributed by atoms with Gasteiger partial charge in [0, 0.05) is 57.7 Å². The molecule has 3 heterocycles.